The monoisotopic (exact) mass is 274 g/mol. The van der Waals surface area contributed by atoms with Gasteiger partial charge < -0.3 is 0 Å². The molecule has 1 aromatic rings. The summed E-state index contributed by atoms with van der Waals surface area (Å²) in [6, 6.07) is 15.1. The summed E-state index contributed by atoms with van der Waals surface area (Å²) in [5.41, 5.74) is 5.78. The van der Waals surface area contributed by atoms with E-state index in [0.29, 0.717) is 0 Å². The molecule has 19 heavy (non-hydrogen) atoms. The lowest BCUT2D eigenvalue weighted by Crippen LogP contribution is -2.29. The first-order valence-corrected chi connectivity index (χ1v) is 10.7. The van der Waals surface area contributed by atoms with E-state index in [1.54, 1.807) is 5.57 Å². The fourth-order valence-electron chi connectivity index (χ4n) is 2.75. The smallest absolute Gasteiger partial charge is 0.0774 e. The van der Waals surface area contributed by atoms with Gasteiger partial charge in [0.25, 0.3) is 0 Å². The largest absolute Gasteiger partial charge is 0.0905 e. The van der Waals surface area contributed by atoms with Crippen molar-refractivity contribution in [3.05, 3.63) is 41.6 Å². The van der Waals surface area contributed by atoms with Gasteiger partial charge in [0.2, 0.25) is 0 Å². The molecule has 0 aliphatic carbocycles. The third kappa shape index (κ3) is 4.65. The van der Waals surface area contributed by atoms with Crippen molar-refractivity contribution >= 4 is 13.6 Å². The van der Waals surface area contributed by atoms with Gasteiger partial charge in [-0.2, -0.15) is 0 Å². The molecule has 0 spiro atoms. The highest BCUT2D eigenvalue weighted by atomic mass is 28.3. The van der Waals surface area contributed by atoms with Crippen molar-refractivity contribution in [2.45, 2.75) is 65.1 Å². The van der Waals surface area contributed by atoms with Gasteiger partial charge >= 0.3 is 0 Å². The summed E-state index contributed by atoms with van der Waals surface area (Å²) in [5, 5.41) is 0. The average molecular weight is 275 g/mol. The van der Waals surface area contributed by atoms with Gasteiger partial charge in [-0.15, -0.1) is 0 Å². The molecule has 0 nitrogen and oxygen atoms in total. The molecule has 0 N–H and O–H groups in total. The van der Waals surface area contributed by atoms with Crippen LogP contribution in [0.3, 0.4) is 0 Å². The van der Waals surface area contributed by atoms with Gasteiger partial charge in [0, 0.05) is 0 Å². The van der Waals surface area contributed by atoms with Gasteiger partial charge in [-0.1, -0.05) is 88.3 Å². The predicted octanol–water partition coefficient (Wildman–Crippen LogP) is 6.31. The number of unbranched alkanes of at least 4 members (excludes halogenated alkanes) is 1. The minimum Gasteiger partial charge on any atom is -0.0905 e. The highest BCUT2D eigenvalue weighted by Crippen LogP contribution is 2.29. The normalized spacial score (nSPS) is 12.7. The number of benzene rings is 1. The van der Waals surface area contributed by atoms with Gasteiger partial charge in [-0.05, 0) is 24.0 Å². The topological polar surface area (TPSA) is 0 Å². The minimum atomic E-state index is -1.18. The first-order valence-electron chi connectivity index (χ1n) is 7.98. The zero-order valence-electron chi connectivity index (χ0n) is 13.2. The molecule has 0 bridgehead atoms. The van der Waals surface area contributed by atoms with Crippen molar-refractivity contribution in [1.29, 1.82) is 0 Å². The maximum absolute atomic E-state index is 2.72. The molecule has 0 radical (unpaired) electrons. The van der Waals surface area contributed by atoms with Gasteiger partial charge in [-0.3, -0.25) is 0 Å². The first kappa shape index (κ1) is 16.2. The van der Waals surface area contributed by atoms with Crippen LogP contribution in [0.15, 0.2) is 36.0 Å². The first-order chi connectivity index (χ1) is 9.21. The molecule has 0 heterocycles. The minimum absolute atomic E-state index is 1.18. The third-order valence-corrected chi connectivity index (χ3v) is 9.72. The summed E-state index contributed by atoms with van der Waals surface area (Å²) >= 11 is 0. The Hall–Kier alpha value is -0.823. The molecule has 0 fully saturated rings. The van der Waals surface area contributed by atoms with E-state index in [9.17, 15) is 0 Å². The van der Waals surface area contributed by atoms with Crippen LogP contribution in [0.4, 0.5) is 0 Å². The lowest BCUT2D eigenvalue weighted by molar-refractivity contribution is 0.824. The van der Waals surface area contributed by atoms with Crippen molar-refractivity contribution in [2.24, 2.45) is 0 Å². The fraction of sp³-hybridized carbons (Fsp3) is 0.556. The SMILES string of the molecule is CCCC/C(=C\[Si](CC)(CC)CC)c1ccccc1. The second-order valence-corrected chi connectivity index (χ2v) is 10.7. The molecule has 0 amide bonds. The zero-order valence-corrected chi connectivity index (χ0v) is 14.2. The quantitative estimate of drug-likeness (QED) is 0.487. The van der Waals surface area contributed by atoms with E-state index < -0.39 is 8.07 Å². The Morgan fingerprint density at radius 3 is 2.00 bits per heavy atom. The number of hydrogen-bond donors (Lipinski definition) is 0. The molecule has 0 saturated carbocycles. The highest BCUT2D eigenvalue weighted by molar-refractivity contribution is 6.85. The van der Waals surface area contributed by atoms with Crippen molar-refractivity contribution in [3.8, 4) is 0 Å². The van der Waals surface area contributed by atoms with Gasteiger partial charge in [-0.25, -0.2) is 0 Å². The van der Waals surface area contributed by atoms with E-state index in [2.05, 4.69) is 63.7 Å². The lowest BCUT2D eigenvalue weighted by atomic mass is 10.0. The fourth-order valence-corrected chi connectivity index (χ4v) is 5.91. The van der Waals surface area contributed by atoms with E-state index in [4.69, 9.17) is 0 Å². The van der Waals surface area contributed by atoms with Crippen LogP contribution >= 0.6 is 0 Å². The van der Waals surface area contributed by atoms with E-state index in [0.717, 1.165) is 0 Å². The van der Waals surface area contributed by atoms with E-state index in [1.807, 2.05) is 0 Å². The number of rotatable bonds is 8. The van der Waals surface area contributed by atoms with Crippen LogP contribution < -0.4 is 0 Å². The Morgan fingerprint density at radius 2 is 1.53 bits per heavy atom. The van der Waals surface area contributed by atoms with E-state index in [-0.39, 0.29) is 0 Å². The summed E-state index contributed by atoms with van der Waals surface area (Å²) in [5.74, 6) is 0. The molecule has 1 rings (SSSR count). The second kappa shape index (κ2) is 8.37. The molecule has 0 unspecified atom stereocenters. The number of hydrogen-bond acceptors (Lipinski definition) is 0. The van der Waals surface area contributed by atoms with Gasteiger partial charge in [0.15, 0.2) is 0 Å². The van der Waals surface area contributed by atoms with Crippen molar-refractivity contribution in [1.82, 2.24) is 0 Å². The Kier molecular flexibility index (Phi) is 7.15. The molecule has 0 atom stereocenters. The maximum Gasteiger partial charge on any atom is 0.0774 e. The van der Waals surface area contributed by atoms with E-state index in [1.165, 1.54) is 43.0 Å². The molecule has 106 valence electrons. The molecular weight excluding hydrogens is 244 g/mol. The molecule has 1 aromatic carbocycles. The average Bonchev–Trinajstić information content (AvgIpc) is 2.49. The van der Waals surface area contributed by atoms with Crippen molar-refractivity contribution in [2.75, 3.05) is 0 Å². The Labute approximate surface area is 121 Å². The summed E-state index contributed by atoms with van der Waals surface area (Å²) < 4.78 is 0. The van der Waals surface area contributed by atoms with Crippen LogP contribution in [-0.2, 0) is 0 Å². The predicted molar refractivity (Wildman–Crippen MR) is 91.1 cm³/mol. The van der Waals surface area contributed by atoms with E-state index >= 15 is 0 Å². The molecule has 0 aliphatic heterocycles. The van der Waals surface area contributed by atoms with Crippen molar-refractivity contribution in [3.63, 3.8) is 0 Å². The number of allylic oxidation sites excluding steroid dienone is 1. The lowest BCUT2D eigenvalue weighted by Gasteiger charge is -2.26. The summed E-state index contributed by atoms with van der Waals surface area (Å²) in [6.07, 6.45) is 3.83. The van der Waals surface area contributed by atoms with Gasteiger partial charge in [0.1, 0.15) is 0 Å². The van der Waals surface area contributed by atoms with Gasteiger partial charge in [0.05, 0.1) is 8.07 Å². The maximum atomic E-state index is 2.72. The summed E-state index contributed by atoms with van der Waals surface area (Å²) in [6.45, 7) is 9.45. The Morgan fingerprint density at radius 1 is 0.947 bits per heavy atom. The molecule has 0 saturated heterocycles. The van der Waals surface area contributed by atoms with Crippen LogP contribution in [0.2, 0.25) is 18.1 Å². The molecule has 0 aliphatic rings. The molecular formula is C18H30Si. The van der Waals surface area contributed by atoms with Crippen LogP contribution in [0, 0.1) is 0 Å². The molecule has 1 heteroatoms. The Balaban J connectivity index is 3.08. The summed E-state index contributed by atoms with van der Waals surface area (Å²) in [7, 11) is -1.18. The van der Waals surface area contributed by atoms with Crippen molar-refractivity contribution < 1.29 is 0 Å². The standard InChI is InChI=1S/C18H30Si/c1-5-9-13-18(17-14-11-10-12-15-17)16-19(6-2,7-3)8-4/h10-12,14-16H,5-9,13H2,1-4H3/b18-16+. The molecule has 0 aromatic heterocycles. The van der Waals surface area contributed by atoms with Crippen LogP contribution in [0.5, 0.6) is 0 Å². The van der Waals surface area contributed by atoms with Crippen LogP contribution in [0.25, 0.3) is 5.57 Å². The summed E-state index contributed by atoms with van der Waals surface area (Å²) in [4.78, 5) is 0. The van der Waals surface area contributed by atoms with Crippen LogP contribution in [-0.4, -0.2) is 8.07 Å². The Bertz CT molecular complexity index is 366. The van der Waals surface area contributed by atoms with Crippen LogP contribution in [0.1, 0.15) is 52.5 Å². The second-order valence-electron chi connectivity index (χ2n) is 5.56. The highest BCUT2D eigenvalue weighted by Gasteiger charge is 2.24. The zero-order chi connectivity index (χ0) is 14.1. The third-order valence-electron chi connectivity index (χ3n) is 4.54.